The van der Waals surface area contributed by atoms with Gasteiger partial charge in [-0.25, -0.2) is 9.97 Å². The fourth-order valence-electron chi connectivity index (χ4n) is 4.80. The van der Waals surface area contributed by atoms with E-state index < -0.39 is 0 Å². The number of ether oxygens (including phenoxy) is 2. The van der Waals surface area contributed by atoms with Crippen molar-refractivity contribution < 1.29 is 14.3 Å². The third-order valence-electron chi connectivity index (χ3n) is 6.31. The number of benzene rings is 2. The number of anilines is 2. The molecule has 2 aromatic carbocycles. The molecule has 3 aromatic rings. The van der Waals surface area contributed by atoms with Gasteiger partial charge in [0.2, 0.25) is 5.95 Å². The van der Waals surface area contributed by atoms with E-state index in [0.29, 0.717) is 24.4 Å². The van der Waals surface area contributed by atoms with Crippen molar-refractivity contribution in [3.63, 3.8) is 0 Å². The molecule has 2 aliphatic rings. The summed E-state index contributed by atoms with van der Waals surface area (Å²) in [6.45, 7) is 2.76. The largest absolute Gasteiger partial charge is 0.497 e. The van der Waals surface area contributed by atoms with Crippen LogP contribution in [0.25, 0.3) is 0 Å². The highest BCUT2D eigenvalue weighted by Crippen LogP contribution is 2.40. The van der Waals surface area contributed by atoms with Crippen molar-refractivity contribution in [1.82, 2.24) is 9.97 Å². The highest BCUT2D eigenvalue weighted by molar-refractivity contribution is 6.00. The van der Waals surface area contributed by atoms with E-state index in [2.05, 4.69) is 23.1 Å². The van der Waals surface area contributed by atoms with Gasteiger partial charge in [-0.15, -0.1) is 0 Å². The highest BCUT2D eigenvalue weighted by Gasteiger charge is 2.33. The molecule has 0 saturated carbocycles. The molecule has 0 radical (unpaired) electrons. The molecule has 1 aliphatic heterocycles. The Bertz CT molecular complexity index is 1170. The summed E-state index contributed by atoms with van der Waals surface area (Å²) in [6, 6.07) is 14.1. The first kappa shape index (κ1) is 19.5. The number of fused-ring (bicyclic) bond motifs is 2. The van der Waals surface area contributed by atoms with Crippen LogP contribution in [0.5, 0.6) is 11.5 Å². The number of methoxy groups -OCH3 is 2. The molecule has 0 amide bonds. The predicted molar refractivity (Wildman–Crippen MR) is 119 cm³/mol. The minimum Gasteiger partial charge on any atom is -0.497 e. The standard InChI is InChI=1S/C25H25N3O3/c1-15-24-20(27-25(26-15)28-11-10-16-6-4-5-7-21(16)28)12-17(13-22(24)29)19-9-8-18(30-2)14-23(19)31-3/h4-9,14,17H,10-13H2,1-3H3/t17-/m1/s1. The Morgan fingerprint density at radius 3 is 2.68 bits per heavy atom. The lowest BCUT2D eigenvalue weighted by Gasteiger charge is -2.27. The van der Waals surface area contributed by atoms with Gasteiger partial charge < -0.3 is 14.4 Å². The van der Waals surface area contributed by atoms with E-state index >= 15 is 0 Å². The van der Waals surface area contributed by atoms with Gasteiger partial charge in [0.25, 0.3) is 0 Å². The van der Waals surface area contributed by atoms with Crippen LogP contribution in [0.15, 0.2) is 42.5 Å². The number of carbonyl (C=O) groups excluding carboxylic acids is 1. The van der Waals surface area contributed by atoms with Gasteiger partial charge in [-0.05, 0) is 43.0 Å². The molecule has 0 N–H and O–H groups in total. The minimum atomic E-state index is 0.00821. The molecule has 1 aliphatic carbocycles. The molecule has 5 rings (SSSR count). The number of para-hydroxylation sites is 1. The van der Waals surface area contributed by atoms with Crippen LogP contribution < -0.4 is 14.4 Å². The van der Waals surface area contributed by atoms with Crippen molar-refractivity contribution in [2.24, 2.45) is 0 Å². The van der Waals surface area contributed by atoms with Gasteiger partial charge in [0.15, 0.2) is 5.78 Å². The number of carbonyl (C=O) groups is 1. The van der Waals surface area contributed by atoms with Gasteiger partial charge >= 0.3 is 0 Å². The quantitative estimate of drug-likeness (QED) is 0.629. The van der Waals surface area contributed by atoms with Crippen LogP contribution in [0.4, 0.5) is 11.6 Å². The molecule has 2 heterocycles. The fourth-order valence-corrected chi connectivity index (χ4v) is 4.80. The summed E-state index contributed by atoms with van der Waals surface area (Å²) in [5.41, 5.74) is 5.72. The highest BCUT2D eigenvalue weighted by atomic mass is 16.5. The number of ketones is 1. The zero-order valence-corrected chi connectivity index (χ0v) is 18.0. The number of rotatable bonds is 4. The van der Waals surface area contributed by atoms with Crippen LogP contribution in [-0.2, 0) is 12.8 Å². The summed E-state index contributed by atoms with van der Waals surface area (Å²) < 4.78 is 10.9. The lowest BCUT2D eigenvalue weighted by molar-refractivity contribution is 0.0961. The van der Waals surface area contributed by atoms with E-state index in [0.717, 1.165) is 47.1 Å². The molecular weight excluding hydrogens is 390 g/mol. The number of nitrogens with zero attached hydrogens (tertiary/aromatic N) is 3. The second kappa shape index (κ2) is 7.69. The fraction of sp³-hybridized carbons (Fsp3) is 0.320. The van der Waals surface area contributed by atoms with Crippen LogP contribution >= 0.6 is 0 Å². The van der Waals surface area contributed by atoms with E-state index in [-0.39, 0.29) is 11.7 Å². The van der Waals surface area contributed by atoms with Gasteiger partial charge in [-0.2, -0.15) is 0 Å². The molecular formula is C25H25N3O3. The van der Waals surface area contributed by atoms with Crippen LogP contribution in [0, 0.1) is 6.92 Å². The Morgan fingerprint density at radius 2 is 1.87 bits per heavy atom. The molecule has 1 atom stereocenters. The molecule has 1 aromatic heterocycles. The zero-order chi connectivity index (χ0) is 21.5. The number of hydrogen-bond donors (Lipinski definition) is 0. The Morgan fingerprint density at radius 1 is 1.03 bits per heavy atom. The first-order valence-electron chi connectivity index (χ1n) is 10.6. The first-order chi connectivity index (χ1) is 15.1. The Kier molecular flexibility index (Phi) is 4.85. The van der Waals surface area contributed by atoms with Crippen molar-refractivity contribution in [2.45, 2.75) is 32.1 Å². The van der Waals surface area contributed by atoms with Gasteiger partial charge in [-0.3, -0.25) is 4.79 Å². The van der Waals surface area contributed by atoms with Gasteiger partial charge in [0.1, 0.15) is 11.5 Å². The number of Topliss-reactive ketones (excluding diaryl/α,β-unsaturated/α-hetero) is 1. The second-order valence-corrected chi connectivity index (χ2v) is 8.10. The summed E-state index contributed by atoms with van der Waals surface area (Å²) in [6.07, 6.45) is 2.07. The third kappa shape index (κ3) is 3.32. The van der Waals surface area contributed by atoms with Gasteiger partial charge in [-0.1, -0.05) is 24.3 Å². The second-order valence-electron chi connectivity index (χ2n) is 8.10. The maximum absolute atomic E-state index is 13.1. The van der Waals surface area contributed by atoms with Crippen LogP contribution in [0.1, 0.15) is 45.2 Å². The van der Waals surface area contributed by atoms with Crippen LogP contribution in [-0.4, -0.2) is 36.5 Å². The molecule has 0 unspecified atom stereocenters. The summed E-state index contributed by atoms with van der Waals surface area (Å²) in [5, 5.41) is 0. The number of aromatic nitrogens is 2. The maximum Gasteiger partial charge on any atom is 0.230 e. The molecule has 0 saturated heterocycles. The number of aryl methyl sites for hydroxylation is 1. The topological polar surface area (TPSA) is 64.5 Å². The molecule has 0 bridgehead atoms. The lowest BCUT2D eigenvalue weighted by atomic mass is 9.81. The third-order valence-corrected chi connectivity index (χ3v) is 6.31. The van der Waals surface area contributed by atoms with E-state index in [1.165, 1.54) is 5.56 Å². The van der Waals surface area contributed by atoms with Crippen LogP contribution in [0.3, 0.4) is 0 Å². The molecule has 0 fully saturated rings. The van der Waals surface area contributed by atoms with Crippen molar-refractivity contribution in [1.29, 1.82) is 0 Å². The lowest BCUT2D eigenvalue weighted by Crippen LogP contribution is -2.25. The number of hydrogen-bond acceptors (Lipinski definition) is 6. The van der Waals surface area contributed by atoms with Crippen molar-refractivity contribution in [3.8, 4) is 11.5 Å². The summed E-state index contributed by atoms with van der Waals surface area (Å²) >= 11 is 0. The average molecular weight is 415 g/mol. The predicted octanol–water partition coefficient (Wildman–Crippen LogP) is 4.41. The van der Waals surface area contributed by atoms with E-state index in [1.807, 2.05) is 31.2 Å². The molecule has 31 heavy (non-hydrogen) atoms. The average Bonchev–Trinajstić information content (AvgIpc) is 3.22. The van der Waals surface area contributed by atoms with Crippen molar-refractivity contribution >= 4 is 17.4 Å². The van der Waals surface area contributed by atoms with Crippen molar-refractivity contribution in [3.05, 3.63) is 70.5 Å². The summed E-state index contributed by atoms with van der Waals surface area (Å²) in [5.74, 6) is 2.25. The first-order valence-corrected chi connectivity index (χ1v) is 10.6. The normalized spacial score (nSPS) is 17.3. The molecule has 0 spiro atoms. The Balaban J connectivity index is 1.53. The van der Waals surface area contributed by atoms with Crippen molar-refractivity contribution in [2.75, 3.05) is 25.7 Å². The molecule has 6 heteroatoms. The van der Waals surface area contributed by atoms with E-state index in [1.54, 1.807) is 14.2 Å². The minimum absolute atomic E-state index is 0.00821. The monoisotopic (exact) mass is 415 g/mol. The molecule has 6 nitrogen and oxygen atoms in total. The zero-order valence-electron chi connectivity index (χ0n) is 18.0. The summed E-state index contributed by atoms with van der Waals surface area (Å²) in [7, 11) is 3.28. The SMILES string of the molecule is COc1ccc([C@H]2CC(=O)c3c(C)nc(N4CCc5ccccc54)nc3C2)c(OC)c1. The van der Waals surface area contributed by atoms with Gasteiger partial charge in [0.05, 0.1) is 31.2 Å². The molecule has 158 valence electrons. The van der Waals surface area contributed by atoms with E-state index in [9.17, 15) is 4.79 Å². The Hall–Kier alpha value is -3.41. The van der Waals surface area contributed by atoms with E-state index in [4.69, 9.17) is 19.4 Å². The Labute approximate surface area is 181 Å². The summed E-state index contributed by atoms with van der Waals surface area (Å²) in [4.78, 5) is 24.9. The van der Waals surface area contributed by atoms with Gasteiger partial charge in [0, 0.05) is 30.6 Å². The maximum atomic E-state index is 13.1. The van der Waals surface area contributed by atoms with Crippen LogP contribution in [0.2, 0.25) is 0 Å². The smallest absolute Gasteiger partial charge is 0.230 e.